The Bertz CT molecular complexity index is 853. The molecule has 0 spiro atoms. The first-order valence-corrected chi connectivity index (χ1v) is 11.0. The van der Waals surface area contributed by atoms with Gasteiger partial charge in [-0.2, -0.15) is 8.61 Å². The summed E-state index contributed by atoms with van der Waals surface area (Å²) in [6.45, 7) is 0.126. The first kappa shape index (κ1) is 20.6. The van der Waals surface area contributed by atoms with Crippen LogP contribution in [0.4, 0.5) is 0 Å². The molecular weight excluding hydrogens is 386 g/mol. The topological polar surface area (TPSA) is 133 Å². The van der Waals surface area contributed by atoms with Crippen LogP contribution in [0, 0.1) is 0 Å². The molecule has 1 aliphatic heterocycles. The zero-order chi connectivity index (χ0) is 19.5. The fraction of sp³-hybridized carbons (Fsp3) is 0.500. The van der Waals surface area contributed by atoms with Crippen molar-refractivity contribution in [3.63, 3.8) is 0 Å². The zero-order valence-electron chi connectivity index (χ0n) is 14.3. The molecule has 1 aromatic carbocycles. The summed E-state index contributed by atoms with van der Waals surface area (Å²) >= 11 is 0. The van der Waals surface area contributed by atoms with E-state index in [9.17, 15) is 21.6 Å². The van der Waals surface area contributed by atoms with E-state index >= 15 is 0 Å². The molecule has 0 radical (unpaired) electrons. The number of nitrogens with one attached hydrogen (secondary N) is 1. The molecule has 1 fully saturated rings. The second-order valence-corrected chi connectivity index (χ2v) is 9.56. The van der Waals surface area contributed by atoms with Crippen molar-refractivity contribution in [3.8, 4) is 5.75 Å². The summed E-state index contributed by atoms with van der Waals surface area (Å²) in [5.41, 5.74) is 1.41. The molecule has 12 heteroatoms. The summed E-state index contributed by atoms with van der Waals surface area (Å²) in [6.07, 6.45) is -0.572. The van der Waals surface area contributed by atoms with Gasteiger partial charge in [0.1, 0.15) is 5.75 Å². The zero-order valence-corrected chi connectivity index (χ0v) is 16.0. The minimum absolute atomic E-state index is 0.0454. The third kappa shape index (κ3) is 4.32. The third-order valence-electron chi connectivity index (χ3n) is 4.01. The van der Waals surface area contributed by atoms with Gasteiger partial charge in [0, 0.05) is 13.1 Å². The summed E-state index contributed by atoms with van der Waals surface area (Å²) in [6, 6.07) is 5.63. The molecule has 1 atom stereocenters. The van der Waals surface area contributed by atoms with E-state index in [0.717, 1.165) is 14.9 Å². The van der Waals surface area contributed by atoms with Gasteiger partial charge in [-0.25, -0.2) is 22.3 Å². The molecule has 26 heavy (non-hydrogen) atoms. The Kier molecular flexibility index (Phi) is 6.24. The van der Waals surface area contributed by atoms with Crippen LogP contribution in [0.2, 0.25) is 0 Å². The summed E-state index contributed by atoms with van der Waals surface area (Å²) in [5.74, 6) is -0.419. The molecule has 0 saturated carbocycles. The maximum Gasteiger partial charge on any atom is 0.246 e. The van der Waals surface area contributed by atoms with E-state index in [0.29, 0.717) is 5.75 Å². The van der Waals surface area contributed by atoms with Gasteiger partial charge in [-0.15, -0.1) is 0 Å². The Balaban J connectivity index is 2.45. The molecule has 2 N–H and O–H groups in total. The number of hydrogen-bond acceptors (Lipinski definition) is 7. The largest absolute Gasteiger partial charge is 0.497 e. The molecule has 0 aliphatic carbocycles. The number of sulfonamides is 2. The highest BCUT2D eigenvalue weighted by Gasteiger charge is 2.42. The van der Waals surface area contributed by atoms with Gasteiger partial charge < -0.3 is 4.74 Å². The van der Waals surface area contributed by atoms with Crippen LogP contribution in [0.25, 0.3) is 0 Å². The highest BCUT2D eigenvalue weighted by molar-refractivity contribution is 7.89. The van der Waals surface area contributed by atoms with Crippen molar-refractivity contribution in [3.05, 3.63) is 24.3 Å². The lowest BCUT2D eigenvalue weighted by molar-refractivity contribution is -0.131. The van der Waals surface area contributed by atoms with Crippen molar-refractivity contribution < 1.29 is 31.6 Å². The molecule has 1 saturated heterocycles. The van der Waals surface area contributed by atoms with Gasteiger partial charge in [-0.3, -0.25) is 10.0 Å². The van der Waals surface area contributed by atoms with Gasteiger partial charge in [0.15, 0.2) is 0 Å². The van der Waals surface area contributed by atoms with Crippen LogP contribution < -0.4 is 10.2 Å². The van der Waals surface area contributed by atoms with Crippen molar-refractivity contribution in [1.82, 2.24) is 14.1 Å². The van der Waals surface area contributed by atoms with Crippen LogP contribution >= 0.6 is 0 Å². The molecule has 146 valence electrons. The number of carbonyl (C=O) groups excluding carboxylic acids is 1. The fourth-order valence-electron chi connectivity index (χ4n) is 2.79. The lowest BCUT2D eigenvalue weighted by Crippen LogP contribution is -2.58. The van der Waals surface area contributed by atoms with E-state index in [1.54, 1.807) is 0 Å². The van der Waals surface area contributed by atoms with Gasteiger partial charge in [0.05, 0.1) is 30.8 Å². The number of nitrogens with zero attached hydrogens (tertiary/aromatic N) is 2. The minimum Gasteiger partial charge on any atom is -0.497 e. The van der Waals surface area contributed by atoms with Gasteiger partial charge >= 0.3 is 0 Å². The highest BCUT2D eigenvalue weighted by Crippen LogP contribution is 2.28. The van der Waals surface area contributed by atoms with Crippen molar-refractivity contribution in [2.24, 2.45) is 0 Å². The van der Waals surface area contributed by atoms with Crippen molar-refractivity contribution in [1.29, 1.82) is 0 Å². The molecule has 0 bridgehead atoms. The van der Waals surface area contributed by atoms with Crippen LogP contribution in [0.1, 0.15) is 12.8 Å². The maximum absolute atomic E-state index is 13.0. The van der Waals surface area contributed by atoms with Crippen LogP contribution in [-0.4, -0.2) is 69.2 Å². The second kappa shape index (κ2) is 7.88. The minimum atomic E-state index is -4.07. The SMILES string of the molecule is COc1ccc(S(=O)(=O)N2CCCN(S(C)(=O)=O)C2CC(=O)NO)cc1. The number of carbonyl (C=O) groups is 1. The van der Waals surface area contributed by atoms with Gasteiger partial charge in [-0.1, -0.05) is 0 Å². The standard InChI is InChI=1S/C14H21N3O7S2/c1-24-11-4-6-12(7-5-11)26(22,23)17-9-3-8-16(25(2,20)21)14(17)10-13(18)15-19/h4-7,14,19H,3,8-10H2,1-2H3,(H,15,18). The molecule has 1 aliphatic rings. The number of methoxy groups -OCH3 is 1. The van der Waals surface area contributed by atoms with Crippen LogP contribution in [0.15, 0.2) is 29.2 Å². The molecule has 1 heterocycles. The van der Waals surface area contributed by atoms with Crippen molar-refractivity contribution in [2.75, 3.05) is 26.5 Å². The first-order chi connectivity index (χ1) is 12.1. The molecule has 1 aromatic rings. The lowest BCUT2D eigenvalue weighted by atomic mass is 10.2. The van der Waals surface area contributed by atoms with E-state index < -0.39 is 38.5 Å². The predicted molar refractivity (Wildman–Crippen MR) is 91.4 cm³/mol. The second-order valence-electron chi connectivity index (χ2n) is 5.74. The van der Waals surface area contributed by atoms with E-state index in [1.807, 2.05) is 0 Å². The fourth-order valence-corrected chi connectivity index (χ4v) is 5.57. The average molecular weight is 407 g/mol. The van der Waals surface area contributed by atoms with Crippen molar-refractivity contribution in [2.45, 2.75) is 23.9 Å². The monoisotopic (exact) mass is 407 g/mol. The van der Waals surface area contributed by atoms with E-state index in [4.69, 9.17) is 9.94 Å². The van der Waals surface area contributed by atoms with E-state index in [-0.39, 0.29) is 24.4 Å². The predicted octanol–water partition coefficient (Wildman–Crippen LogP) is -0.427. The number of amides is 1. The maximum atomic E-state index is 13.0. The van der Waals surface area contributed by atoms with Crippen LogP contribution in [0.3, 0.4) is 0 Å². The number of hydrogen-bond donors (Lipinski definition) is 2. The molecule has 1 amide bonds. The van der Waals surface area contributed by atoms with Crippen molar-refractivity contribution >= 4 is 26.0 Å². The van der Waals surface area contributed by atoms with Crippen LogP contribution in [-0.2, 0) is 24.8 Å². The molecular formula is C14H21N3O7S2. The molecule has 10 nitrogen and oxygen atoms in total. The first-order valence-electron chi connectivity index (χ1n) is 7.67. The Hall–Kier alpha value is -1.73. The number of benzene rings is 1. The number of ether oxygens (including phenoxy) is 1. The quantitative estimate of drug-likeness (QED) is 0.483. The van der Waals surface area contributed by atoms with Gasteiger partial charge in [0.25, 0.3) is 0 Å². The lowest BCUT2D eigenvalue weighted by Gasteiger charge is -2.41. The highest BCUT2D eigenvalue weighted by atomic mass is 32.2. The average Bonchev–Trinajstić information content (AvgIpc) is 2.60. The summed E-state index contributed by atoms with van der Waals surface area (Å²) in [5, 5.41) is 8.77. The Morgan fingerprint density at radius 1 is 1.19 bits per heavy atom. The van der Waals surface area contributed by atoms with Gasteiger partial charge in [0.2, 0.25) is 26.0 Å². The third-order valence-corrected chi connectivity index (χ3v) is 7.20. The molecule has 1 unspecified atom stereocenters. The smallest absolute Gasteiger partial charge is 0.246 e. The molecule has 0 aromatic heterocycles. The Labute approximate surface area is 152 Å². The summed E-state index contributed by atoms with van der Waals surface area (Å²) in [4.78, 5) is 11.6. The molecule has 2 rings (SSSR count). The van der Waals surface area contributed by atoms with Gasteiger partial charge in [-0.05, 0) is 30.7 Å². The normalized spacial score (nSPS) is 19.9. The summed E-state index contributed by atoms with van der Waals surface area (Å²) in [7, 11) is -6.40. The Morgan fingerprint density at radius 2 is 1.77 bits per heavy atom. The van der Waals surface area contributed by atoms with E-state index in [2.05, 4.69) is 0 Å². The van der Waals surface area contributed by atoms with E-state index in [1.165, 1.54) is 36.9 Å². The number of hydroxylamine groups is 1. The Morgan fingerprint density at radius 3 is 2.27 bits per heavy atom. The van der Waals surface area contributed by atoms with Crippen LogP contribution in [0.5, 0.6) is 5.75 Å². The summed E-state index contributed by atoms with van der Waals surface area (Å²) < 4.78 is 57.0. The number of rotatable bonds is 6.